The third-order valence-corrected chi connectivity index (χ3v) is 2.41. The number of carboxylic acids is 1. The van der Waals surface area contributed by atoms with Gasteiger partial charge in [0.1, 0.15) is 0 Å². The van der Waals surface area contributed by atoms with Gasteiger partial charge in [0.15, 0.2) is 6.61 Å². The van der Waals surface area contributed by atoms with E-state index in [9.17, 15) is 9.59 Å². The molecule has 1 fully saturated rings. The van der Waals surface area contributed by atoms with Crippen LogP contribution in [0.15, 0.2) is 0 Å². The summed E-state index contributed by atoms with van der Waals surface area (Å²) in [6.07, 6.45) is 1.56. The van der Waals surface area contributed by atoms with E-state index in [1.165, 1.54) is 4.90 Å². The average molecular weight is 232 g/mol. The summed E-state index contributed by atoms with van der Waals surface area (Å²) >= 11 is 0. The van der Waals surface area contributed by atoms with Crippen molar-refractivity contribution in [3.8, 4) is 0 Å². The second-order valence-electron chi connectivity index (χ2n) is 3.54. The molecule has 1 aliphatic rings. The van der Waals surface area contributed by atoms with Crippen LogP contribution in [0, 0.1) is 0 Å². The zero-order chi connectivity index (χ0) is 12.0. The van der Waals surface area contributed by atoms with Crippen molar-refractivity contribution >= 4 is 12.0 Å². The second-order valence-corrected chi connectivity index (χ2v) is 3.54. The van der Waals surface area contributed by atoms with E-state index in [0.717, 1.165) is 12.8 Å². The van der Waals surface area contributed by atoms with E-state index in [1.807, 2.05) is 0 Å². The third-order valence-electron chi connectivity index (χ3n) is 2.41. The molecule has 1 rings (SSSR count). The largest absolute Gasteiger partial charge is 0.479 e. The summed E-state index contributed by atoms with van der Waals surface area (Å²) in [5.74, 6) is -1.13. The Hall–Kier alpha value is -1.34. The molecule has 7 heteroatoms. The van der Waals surface area contributed by atoms with E-state index in [1.54, 1.807) is 7.05 Å². The Morgan fingerprint density at radius 2 is 2.12 bits per heavy atom. The van der Waals surface area contributed by atoms with Crippen LogP contribution in [-0.4, -0.2) is 54.9 Å². The summed E-state index contributed by atoms with van der Waals surface area (Å²) in [5, 5.41) is 8.31. The molecule has 0 saturated carbocycles. The highest BCUT2D eigenvalue weighted by atomic mass is 16.7. The van der Waals surface area contributed by atoms with Crippen LogP contribution in [0.3, 0.4) is 0 Å². The van der Waals surface area contributed by atoms with Gasteiger partial charge in [0.05, 0.1) is 0 Å². The maximum atomic E-state index is 11.5. The van der Waals surface area contributed by atoms with Gasteiger partial charge in [-0.2, -0.15) is 0 Å². The summed E-state index contributed by atoms with van der Waals surface area (Å²) in [7, 11) is 1.65. The first kappa shape index (κ1) is 12.7. The van der Waals surface area contributed by atoms with Gasteiger partial charge in [-0.3, -0.25) is 4.84 Å². The van der Waals surface area contributed by atoms with Crippen LogP contribution in [0.1, 0.15) is 12.8 Å². The first-order valence-electron chi connectivity index (χ1n) is 5.05. The van der Waals surface area contributed by atoms with E-state index in [4.69, 9.17) is 9.84 Å². The quantitative estimate of drug-likeness (QED) is 0.657. The van der Waals surface area contributed by atoms with Crippen molar-refractivity contribution in [1.29, 1.82) is 0 Å². The molecule has 16 heavy (non-hydrogen) atoms. The molecule has 0 aromatic carbocycles. The summed E-state index contributed by atoms with van der Waals surface area (Å²) in [5.41, 5.74) is 2.08. The Morgan fingerprint density at radius 1 is 1.50 bits per heavy atom. The highest BCUT2D eigenvalue weighted by Crippen LogP contribution is 2.12. The standard InChI is InChI=1S/C9H16N2O5/c1-11(7-2-4-15-5-3-7)9(14)10-16-6-8(12)13/h7H,2-6H2,1H3,(H,10,14)(H,12,13). The van der Waals surface area contributed by atoms with E-state index >= 15 is 0 Å². The number of hydroxylamine groups is 1. The molecule has 1 heterocycles. The molecular formula is C9H16N2O5. The maximum Gasteiger partial charge on any atom is 0.341 e. The molecule has 0 spiro atoms. The van der Waals surface area contributed by atoms with E-state index < -0.39 is 18.6 Å². The normalized spacial score (nSPS) is 16.8. The Bertz CT molecular complexity index is 252. The van der Waals surface area contributed by atoms with Crippen LogP contribution >= 0.6 is 0 Å². The molecule has 92 valence electrons. The van der Waals surface area contributed by atoms with Gasteiger partial charge >= 0.3 is 12.0 Å². The molecule has 1 saturated heterocycles. The molecule has 0 atom stereocenters. The SMILES string of the molecule is CN(C(=O)NOCC(=O)O)C1CCOCC1. The minimum Gasteiger partial charge on any atom is -0.479 e. The Labute approximate surface area is 93.3 Å². The number of carbonyl (C=O) groups excluding carboxylic acids is 1. The molecule has 0 aromatic heterocycles. The van der Waals surface area contributed by atoms with Gasteiger partial charge in [-0.15, -0.1) is 0 Å². The smallest absolute Gasteiger partial charge is 0.341 e. The van der Waals surface area contributed by atoms with Crippen molar-refractivity contribution in [3.05, 3.63) is 0 Å². The molecule has 0 aliphatic carbocycles. The zero-order valence-electron chi connectivity index (χ0n) is 9.14. The predicted octanol–water partition coefficient (Wildman–Crippen LogP) is -0.177. The number of ether oxygens (including phenoxy) is 1. The van der Waals surface area contributed by atoms with Crippen molar-refractivity contribution in [2.24, 2.45) is 0 Å². The molecule has 0 radical (unpaired) electrons. The first-order valence-corrected chi connectivity index (χ1v) is 5.05. The number of nitrogens with one attached hydrogen (secondary N) is 1. The van der Waals surface area contributed by atoms with E-state index in [-0.39, 0.29) is 6.04 Å². The fraction of sp³-hybridized carbons (Fsp3) is 0.778. The van der Waals surface area contributed by atoms with E-state index in [0.29, 0.717) is 13.2 Å². The predicted molar refractivity (Wildman–Crippen MR) is 53.7 cm³/mol. The molecule has 2 amide bonds. The summed E-state index contributed by atoms with van der Waals surface area (Å²) < 4.78 is 5.17. The zero-order valence-corrected chi connectivity index (χ0v) is 9.14. The molecular weight excluding hydrogens is 216 g/mol. The number of nitrogens with zero attached hydrogens (tertiary/aromatic N) is 1. The van der Waals surface area contributed by atoms with Crippen LogP contribution in [0.5, 0.6) is 0 Å². The number of hydrogen-bond acceptors (Lipinski definition) is 4. The second kappa shape index (κ2) is 6.29. The number of aliphatic carboxylic acids is 1. The van der Waals surface area contributed by atoms with Gasteiger partial charge in [-0.25, -0.2) is 15.1 Å². The summed E-state index contributed by atoms with van der Waals surface area (Å²) in [6.45, 7) is 0.726. The molecule has 1 aliphatic heterocycles. The van der Waals surface area contributed by atoms with E-state index in [2.05, 4.69) is 10.3 Å². The average Bonchev–Trinajstić information content (AvgIpc) is 2.28. The number of rotatable bonds is 4. The molecule has 7 nitrogen and oxygen atoms in total. The van der Waals surface area contributed by atoms with Crippen molar-refractivity contribution in [2.75, 3.05) is 26.9 Å². The highest BCUT2D eigenvalue weighted by molar-refractivity contribution is 5.73. The fourth-order valence-corrected chi connectivity index (χ4v) is 1.47. The summed E-state index contributed by atoms with van der Waals surface area (Å²) in [6, 6.07) is -0.324. The van der Waals surface area contributed by atoms with Crippen LogP contribution < -0.4 is 5.48 Å². The highest BCUT2D eigenvalue weighted by Gasteiger charge is 2.22. The van der Waals surface area contributed by atoms with Crippen LogP contribution in [-0.2, 0) is 14.4 Å². The number of carboxylic acid groups (broad SMARTS) is 1. The lowest BCUT2D eigenvalue weighted by Gasteiger charge is -2.30. The third kappa shape index (κ3) is 4.03. The van der Waals surface area contributed by atoms with Crippen molar-refractivity contribution in [3.63, 3.8) is 0 Å². The number of carbonyl (C=O) groups is 2. The minimum absolute atomic E-state index is 0.113. The minimum atomic E-state index is -1.13. The number of hydrogen-bond donors (Lipinski definition) is 2. The van der Waals surface area contributed by atoms with Crippen molar-refractivity contribution in [2.45, 2.75) is 18.9 Å². The number of urea groups is 1. The Morgan fingerprint density at radius 3 is 2.69 bits per heavy atom. The number of amides is 2. The Balaban J connectivity index is 2.26. The lowest BCUT2D eigenvalue weighted by atomic mass is 10.1. The summed E-state index contributed by atoms with van der Waals surface area (Å²) in [4.78, 5) is 27.6. The monoisotopic (exact) mass is 232 g/mol. The van der Waals surface area contributed by atoms with Crippen molar-refractivity contribution in [1.82, 2.24) is 10.4 Å². The van der Waals surface area contributed by atoms with Crippen molar-refractivity contribution < 1.29 is 24.3 Å². The van der Waals surface area contributed by atoms with Gasteiger partial charge < -0.3 is 14.7 Å². The van der Waals surface area contributed by atoms with Crippen LogP contribution in [0.4, 0.5) is 4.79 Å². The molecule has 0 bridgehead atoms. The lowest BCUT2D eigenvalue weighted by Crippen LogP contribution is -2.46. The van der Waals surface area contributed by atoms with Gasteiger partial charge in [0, 0.05) is 26.3 Å². The van der Waals surface area contributed by atoms with Crippen LogP contribution in [0.2, 0.25) is 0 Å². The lowest BCUT2D eigenvalue weighted by molar-refractivity contribution is -0.144. The molecule has 2 N–H and O–H groups in total. The van der Waals surface area contributed by atoms with Gasteiger partial charge in [-0.1, -0.05) is 0 Å². The molecule has 0 unspecified atom stereocenters. The van der Waals surface area contributed by atoms with Gasteiger partial charge in [-0.05, 0) is 12.8 Å². The van der Waals surface area contributed by atoms with Gasteiger partial charge in [0.2, 0.25) is 0 Å². The van der Waals surface area contributed by atoms with Gasteiger partial charge in [0.25, 0.3) is 0 Å². The fourth-order valence-electron chi connectivity index (χ4n) is 1.47. The first-order chi connectivity index (χ1) is 7.61. The Kier molecular flexibility index (Phi) is 5.00. The topological polar surface area (TPSA) is 88.1 Å². The van der Waals surface area contributed by atoms with Crippen LogP contribution in [0.25, 0.3) is 0 Å². The molecule has 0 aromatic rings. The maximum absolute atomic E-state index is 11.5.